The second-order valence-corrected chi connectivity index (χ2v) is 4.04. The van der Waals surface area contributed by atoms with Crippen molar-refractivity contribution in [3.05, 3.63) is 52.9 Å². The Bertz CT molecular complexity index is 619. The number of aromatic nitrogens is 1. The monoisotopic (exact) mass is 280 g/mol. The molecule has 0 unspecified atom stereocenters. The average molecular weight is 281 g/mol. The van der Waals surface area contributed by atoms with Crippen molar-refractivity contribution in [3.63, 3.8) is 0 Å². The third kappa shape index (κ3) is 3.00. The van der Waals surface area contributed by atoms with E-state index in [1.54, 1.807) is 12.1 Å². The van der Waals surface area contributed by atoms with Gasteiger partial charge in [0.25, 0.3) is 5.91 Å². The second-order valence-electron chi connectivity index (χ2n) is 3.64. The first-order chi connectivity index (χ1) is 9.11. The molecule has 0 saturated heterocycles. The van der Waals surface area contributed by atoms with E-state index >= 15 is 0 Å². The summed E-state index contributed by atoms with van der Waals surface area (Å²) in [7, 11) is 1.33. The lowest BCUT2D eigenvalue weighted by Crippen LogP contribution is -2.13. The van der Waals surface area contributed by atoms with Crippen LogP contribution in [0.2, 0.25) is 5.02 Å². The van der Waals surface area contributed by atoms with E-state index < -0.39 is 11.7 Å². The minimum Gasteiger partial charge on any atom is -0.494 e. The highest BCUT2D eigenvalue weighted by molar-refractivity contribution is 6.33. The van der Waals surface area contributed by atoms with E-state index in [1.165, 1.54) is 25.4 Å². The van der Waals surface area contributed by atoms with Crippen LogP contribution < -0.4 is 10.1 Å². The molecule has 0 aliphatic rings. The summed E-state index contributed by atoms with van der Waals surface area (Å²) in [6.45, 7) is 0. The van der Waals surface area contributed by atoms with E-state index in [4.69, 9.17) is 16.3 Å². The molecule has 1 aromatic heterocycles. The number of ether oxygens (including phenoxy) is 1. The molecule has 2 aromatic rings. The first kappa shape index (κ1) is 13.3. The Morgan fingerprint density at radius 1 is 1.42 bits per heavy atom. The van der Waals surface area contributed by atoms with Gasteiger partial charge in [0.1, 0.15) is 0 Å². The number of methoxy groups -OCH3 is 1. The fourth-order valence-corrected chi connectivity index (χ4v) is 1.63. The van der Waals surface area contributed by atoms with Crippen molar-refractivity contribution < 1.29 is 13.9 Å². The molecule has 0 spiro atoms. The Morgan fingerprint density at radius 3 is 2.89 bits per heavy atom. The number of hydrogen-bond donors (Lipinski definition) is 1. The number of halogens is 2. The molecule has 0 bridgehead atoms. The summed E-state index contributed by atoms with van der Waals surface area (Å²) in [5, 5.41) is 2.86. The molecule has 98 valence electrons. The lowest BCUT2D eigenvalue weighted by atomic mass is 10.2. The summed E-state index contributed by atoms with van der Waals surface area (Å²) in [5.41, 5.74) is 0.250. The highest BCUT2D eigenvalue weighted by Crippen LogP contribution is 2.21. The topological polar surface area (TPSA) is 51.2 Å². The normalized spacial score (nSPS) is 10.1. The van der Waals surface area contributed by atoms with Crippen molar-refractivity contribution >= 4 is 23.3 Å². The Labute approximate surface area is 114 Å². The van der Waals surface area contributed by atoms with Gasteiger partial charge in [-0.15, -0.1) is 0 Å². The standard InChI is InChI=1S/C13H10ClFN2O2/c1-19-11-7-8(4-5-10(11)15)13(18)17-12-9(14)3-2-6-16-12/h2-7H,1H3,(H,16,17,18). The number of nitrogens with zero attached hydrogens (tertiary/aromatic N) is 1. The van der Waals surface area contributed by atoms with Crippen LogP contribution in [0, 0.1) is 5.82 Å². The SMILES string of the molecule is COc1cc(C(=O)Nc2ncccc2Cl)ccc1F. The predicted molar refractivity (Wildman–Crippen MR) is 70.2 cm³/mol. The highest BCUT2D eigenvalue weighted by atomic mass is 35.5. The molecule has 0 fully saturated rings. The van der Waals surface area contributed by atoms with Crippen LogP contribution in [0.5, 0.6) is 5.75 Å². The Kier molecular flexibility index (Phi) is 3.97. The zero-order valence-corrected chi connectivity index (χ0v) is 10.7. The zero-order valence-electron chi connectivity index (χ0n) is 9.98. The Hall–Kier alpha value is -2.14. The van der Waals surface area contributed by atoms with Crippen LogP contribution in [-0.4, -0.2) is 18.0 Å². The molecule has 4 nitrogen and oxygen atoms in total. The van der Waals surface area contributed by atoms with Crippen LogP contribution in [0.3, 0.4) is 0 Å². The highest BCUT2D eigenvalue weighted by Gasteiger charge is 2.12. The number of amides is 1. The van der Waals surface area contributed by atoms with E-state index in [-0.39, 0.29) is 17.1 Å². The van der Waals surface area contributed by atoms with Crippen molar-refractivity contribution in [3.8, 4) is 5.75 Å². The number of carbonyl (C=O) groups is 1. The van der Waals surface area contributed by atoms with Crippen LogP contribution in [-0.2, 0) is 0 Å². The quantitative estimate of drug-likeness (QED) is 0.940. The Balaban J connectivity index is 2.23. The van der Waals surface area contributed by atoms with Crippen molar-refractivity contribution in [2.45, 2.75) is 0 Å². The van der Waals surface area contributed by atoms with E-state index in [2.05, 4.69) is 10.3 Å². The minimum absolute atomic E-state index is 0.000215. The summed E-state index contributed by atoms with van der Waals surface area (Å²) in [6.07, 6.45) is 1.51. The van der Waals surface area contributed by atoms with Crippen LogP contribution in [0.1, 0.15) is 10.4 Å². The summed E-state index contributed by atoms with van der Waals surface area (Å²) in [6, 6.07) is 7.08. The van der Waals surface area contributed by atoms with Crippen molar-refractivity contribution in [1.29, 1.82) is 0 Å². The zero-order chi connectivity index (χ0) is 13.8. The fourth-order valence-electron chi connectivity index (χ4n) is 1.46. The molecule has 1 N–H and O–H groups in total. The number of carbonyl (C=O) groups excluding carboxylic acids is 1. The molecule has 1 heterocycles. The molecule has 6 heteroatoms. The van der Waals surface area contributed by atoms with Gasteiger partial charge in [-0.3, -0.25) is 4.79 Å². The van der Waals surface area contributed by atoms with Crippen LogP contribution >= 0.6 is 11.6 Å². The van der Waals surface area contributed by atoms with E-state index in [0.29, 0.717) is 5.02 Å². The maximum atomic E-state index is 13.2. The predicted octanol–water partition coefficient (Wildman–Crippen LogP) is 3.14. The van der Waals surface area contributed by atoms with Gasteiger partial charge in [0.2, 0.25) is 0 Å². The molecule has 2 rings (SSSR count). The smallest absolute Gasteiger partial charge is 0.256 e. The van der Waals surface area contributed by atoms with E-state index in [1.807, 2.05) is 0 Å². The lowest BCUT2D eigenvalue weighted by molar-refractivity contribution is 0.102. The molecule has 0 aliphatic carbocycles. The van der Waals surface area contributed by atoms with Crippen molar-refractivity contribution in [2.75, 3.05) is 12.4 Å². The van der Waals surface area contributed by atoms with Gasteiger partial charge in [-0.05, 0) is 30.3 Å². The number of benzene rings is 1. The lowest BCUT2D eigenvalue weighted by Gasteiger charge is -2.07. The van der Waals surface area contributed by atoms with Gasteiger partial charge in [0.15, 0.2) is 17.4 Å². The summed E-state index contributed by atoms with van der Waals surface area (Å²) >= 11 is 5.88. The maximum absolute atomic E-state index is 13.2. The molecule has 0 aliphatic heterocycles. The van der Waals surface area contributed by atoms with E-state index in [9.17, 15) is 9.18 Å². The fraction of sp³-hybridized carbons (Fsp3) is 0.0769. The third-order valence-electron chi connectivity index (χ3n) is 2.40. The van der Waals surface area contributed by atoms with Gasteiger partial charge in [0, 0.05) is 11.8 Å². The van der Waals surface area contributed by atoms with Crippen LogP contribution in [0.4, 0.5) is 10.2 Å². The van der Waals surface area contributed by atoms with Crippen molar-refractivity contribution in [1.82, 2.24) is 4.98 Å². The first-order valence-corrected chi connectivity index (χ1v) is 5.75. The second kappa shape index (κ2) is 5.67. The molecule has 0 radical (unpaired) electrons. The van der Waals surface area contributed by atoms with Gasteiger partial charge in [-0.1, -0.05) is 11.6 Å². The van der Waals surface area contributed by atoms with Gasteiger partial charge >= 0.3 is 0 Å². The largest absolute Gasteiger partial charge is 0.494 e. The number of pyridine rings is 1. The average Bonchev–Trinajstić information content (AvgIpc) is 2.42. The van der Waals surface area contributed by atoms with Crippen LogP contribution in [0.25, 0.3) is 0 Å². The number of nitrogens with one attached hydrogen (secondary N) is 1. The van der Waals surface area contributed by atoms with Gasteiger partial charge < -0.3 is 10.1 Å². The first-order valence-electron chi connectivity index (χ1n) is 5.37. The molecule has 1 aromatic carbocycles. The third-order valence-corrected chi connectivity index (χ3v) is 2.71. The van der Waals surface area contributed by atoms with Gasteiger partial charge in [-0.25, -0.2) is 9.37 Å². The summed E-state index contributed by atoms with van der Waals surface area (Å²) in [4.78, 5) is 15.9. The molecular weight excluding hydrogens is 271 g/mol. The molecular formula is C13H10ClFN2O2. The number of rotatable bonds is 3. The Morgan fingerprint density at radius 2 is 2.21 bits per heavy atom. The summed E-state index contributed by atoms with van der Waals surface area (Å²) in [5.74, 6) is -0.731. The molecule has 0 atom stereocenters. The molecule has 0 saturated carbocycles. The van der Waals surface area contributed by atoms with Crippen molar-refractivity contribution in [2.24, 2.45) is 0 Å². The van der Waals surface area contributed by atoms with E-state index in [0.717, 1.165) is 6.07 Å². The van der Waals surface area contributed by atoms with Crippen LogP contribution in [0.15, 0.2) is 36.5 Å². The molecule has 19 heavy (non-hydrogen) atoms. The van der Waals surface area contributed by atoms with Gasteiger partial charge in [-0.2, -0.15) is 0 Å². The van der Waals surface area contributed by atoms with Gasteiger partial charge in [0.05, 0.1) is 12.1 Å². The minimum atomic E-state index is -0.532. The number of hydrogen-bond acceptors (Lipinski definition) is 3. The number of anilines is 1. The maximum Gasteiger partial charge on any atom is 0.256 e. The molecule has 1 amide bonds. The summed E-state index contributed by atoms with van der Waals surface area (Å²) < 4.78 is 18.0.